The first-order valence-corrected chi connectivity index (χ1v) is 9.28. The van der Waals surface area contributed by atoms with Crippen LogP contribution in [0.15, 0.2) is 66.7 Å². The van der Waals surface area contributed by atoms with E-state index in [-0.39, 0.29) is 12.3 Å². The first-order chi connectivity index (χ1) is 13.1. The van der Waals surface area contributed by atoms with E-state index in [4.69, 9.17) is 9.84 Å². The molecule has 3 aromatic rings. The Morgan fingerprint density at radius 1 is 1.00 bits per heavy atom. The predicted octanol–water partition coefficient (Wildman–Crippen LogP) is 5.96. The molecular weight excluding hydrogens is 336 g/mol. The first kappa shape index (κ1) is 17.3. The lowest BCUT2D eigenvalue weighted by molar-refractivity contribution is -0.137. The third-order valence-electron chi connectivity index (χ3n) is 5.16. The fraction of sp³-hybridized carbons (Fsp3) is 0.208. The molecule has 0 amide bonds. The largest absolute Gasteiger partial charge is 0.481 e. The lowest BCUT2D eigenvalue weighted by Gasteiger charge is -2.11. The van der Waals surface area contributed by atoms with E-state index in [2.05, 4.69) is 49.4 Å². The number of rotatable bonds is 5. The van der Waals surface area contributed by atoms with E-state index in [9.17, 15) is 4.79 Å². The topological polar surface area (TPSA) is 46.5 Å². The molecule has 3 aromatic carbocycles. The molecule has 1 N–H and O–H groups in total. The molecule has 0 bridgehead atoms. The molecule has 1 aliphatic carbocycles. The van der Waals surface area contributed by atoms with Crippen molar-refractivity contribution in [3.05, 3.63) is 83.4 Å². The van der Waals surface area contributed by atoms with Crippen LogP contribution >= 0.6 is 0 Å². The highest BCUT2D eigenvalue weighted by molar-refractivity contribution is 5.68. The fourth-order valence-electron chi connectivity index (χ4n) is 3.87. The SMILES string of the molecule is Cc1cccc(-c2cccc(Oc3ccc4c(c3)CC[C@H]4CC(=O)O)c2)c1. The van der Waals surface area contributed by atoms with Gasteiger partial charge in [-0.25, -0.2) is 0 Å². The number of ether oxygens (including phenoxy) is 1. The minimum Gasteiger partial charge on any atom is -0.481 e. The van der Waals surface area contributed by atoms with Gasteiger partial charge in [0.15, 0.2) is 0 Å². The first-order valence-electron chi connectivity index (χ1n) is 9.28. The Morgan fingerprint density at radius 2 is 1.74 bits per heavy atom. The second kappa shape index (κ2) is 7.28. The van der Waals surface area contributed by atoms with Crippen LogP contribution < -0.4 is 4.74 Å². The fourth-order valence-corrected chi connectivity index (χ4v) is 3.87. The predicted molar refractivity (Wildman–Crippen MR) is 106 cm³/mol. The molecule has 0 radical (unpaired) electrons. The highest BCUT2D eigenvalue weighted by Crippen LogP contribution is 2.38. The maximum Gasteiger partial charge on any atom is 0.303 e. The molecule has 1 aliphatic rings. The molecule has 3 nitrogen and oxygen atoms in total. The van der Waals surface area contributed by atoms with E-state index < -0.39 is 5.97 Å². The summed E-state index contributed by atoms with van der Waals surface area (Å²) < 4.78 is 6.10. The zero-order chi connectivity index (χ0) is 18.8. The molecule has 0 unspecified atom stereocenters. The molecule has 1 atom stereocenters. The van der Waals surface area contributed by atoms with Gasteiger partial charge in [0.25, 0.3) is 0 Å². The molecule has 4 rings (SSSR count). The number of benzene rings is 3. The van der Waals surface area contributed by atoms with Crippen molar-refractivity contribution in [3.8, 4) is 22.6 Å². The van der Waals surface area contributed by atoms with Crippen molar-refractivity contribution in [2.75, 3.05) is 0 Å². The molecule has 0 aromatic heterocycles. The summed E-state index contributed by atoms with van der Waals surface area (Å²) in [5.41, 5.74) is 5.88. The van der Waals surface area contributed by atoms with Crippen molar-refractivity contribution >= 4 is 5.97 Å². The van der Waals surface area contributed by atoms with E-state index in [1.54, 1.807) is 0 Å². The number of carbonyl (C=O) groups is 1. The lowest BCUT2D eigenvalue weighted by Crippen LogP contribution is -2.02. The Morgan fingerprint density at radius 3 is 2.52 bits per heavy atom. The van der Waals surface area contributed by atoms with Crippen molar-refractivity contribution in [3.63, 3.8) is 0 Å². The molecule has 0 spiro atoms. The van der Waals surface area contributed by atoms with E-state index in [0.717, 1.165) is 35.5 Å². The summed E-state index contributed by atoms with van der Waals surface area (Å²) in [6, 6.07) is 22.5. The summed E-state index contributed by atoms with van der Waals surface area (Å²) in [5.74, 6) is 0.984. The minimum atomic E-state index is -0.735. The highest BCUT2D eigenvalue weighted by Gasteiger charge is 2.24. The number of aryl methyl sites for hydroxylation is 2. The molecule has 0 aliphatic heterocycles. The van der Waals surface area contributed by atoms with Crippen molar-refractivity contribution < 1.29 is 14.6 Å². The van der Waals surface area contributed by atoms with Gasteiger partial charge in [0.05, 0.1) is 6.42 Å². The van der Waals surface area contributed by atoms with Gasteiger partial charge < -0.3 is 9.84 Å². The summed E-state index contributed by atoms with van der Waals surface area (Å²) in [6.45, 7) is 2.09. The Balaban J connectivity index is 1.55. The molecule has 0 saturated heterocycles. The maximum atomic E-state index is 11.0. The van der Waals surface area contributed by atoms with Crippen LogP contribution in [0, 0.1) is 6.92 Å². The number of carboxylic acid groups (broad SMARTS) is 1. The number of hydrogen-bond acceptors (Lipinski definition) is 2. The quantitative estimate of drug-likeness (QED) is 0.612. The lowest BCUT2D eigenvalue weighted by atomic mass is 9.98. The van der Waals surface area contributed by atoms with Gasteiger partial charge in [-0.2, -0.15) is 0 Å². The van der Waals surface area contributed by atoms with Crippen LogP contribution in [0.3, 0.4) is 0 Å². The second-order valence-electron chi connectivity index (χ2n) is 7.19. The van der Waals surface area contributed by atoms with Gasteiger partial charge in [-0.15, -0.1) is 0 Å². The van der Waals surface area contributed by atoms with E-state index >= 15 is 0 Å². The van der Waals surface area contributed by atoms with Crippen molar-refractivity contribution in [2.24, 2.45) is 0 Å². The Labute approximate surface area is 159 Å². The summed E-state index contributed by atoms with van der Waals surface area (Å²) in [5, 5.41) is 9.06. The number of fused-ring (bicyclic) bond motifs is 1. The summed E-state index contributed by atoms with van der Waals surface area (Å²) in [4.78, 5) is 11.0. The third kappa shape index (κ3) is 3.87. The molecule has 0 saturated carbocycles. The van der Waals surface area contributed by atoms with Crippen molar-refractivity contribution in [1.29, 1.82) is 0 Å². The highest BCUT2D eigenvalue weighted by atomic mass is 16.5. The number of carboxylic acids is 1. The standard InChI is InChI=1S/C24H22O3/c1-16-4-2-5-17(12-16)18-6-3-7-21(13-18)27-22-10-11-23-19(14-22)8-9-20(23)15-24(25)26/h2-7,10-14,20H,8-9,15H2,1H3,(H,25,26)/t20-/m0/s1. The molecule has 0 heterocycles. The average molecular weight is 358 g/mol. The van der Waals surface area contributed by atoms with Crippen LogP contribution in [-0.4, -0.2) is 11.1 Å². The summed E-state index contributed by atoms with van der Waals surface area (Å²) in [7, 11) is 0. The molecule has 136 valence electrons. The molecule has 3 heteroatoms. The van der Waals surface area contributed by atoms with Crippen molar-refractivity contribution in [2.45, 2.75) is 32.1 Å². The van der Waals surface area contributed by atoms with Crippen LogP contribution in [0.5, 0.6) is 11.5 Å². The molecular formula is C24H22O3. The van der Waals surface area contributed by atoms with Gasteiger partial charge in [0.2, 0.25) is 0 Å². The smallest absolute Gasteiger partial charge is 0.303 e. The van der Waals surface area contributed by atoms with E-state index in [1.165, 1.54) is 16.7 Å². The van der Waals surface area contributed by atoms with Gasteiger partial charge in [-0.3, -0.25) is 4.79 Å². The molecule has 0 fully saturated rings. The number of hydrogen-bond donors (Lipinski definition) is 1. The Hall–Kier alpha value is -3.07. The van der Waals surface area contributed by atoms with E-state index in [0.29, 0.717) is 0 Å². The average Bonchev–Trinajstić information content (AvgIpc) is 3.03. The van der Waals surface area contributed by atoms with Gasteiger partial charge >= 0.3 is 5.97 Å². The molecule has 27 heavy (non-hydrogen) atoms. The van der Waals surface area contributed by atoms with Gasteiger partial charge in [0.1, 0.15) is 11.5 Å². The van der Waals surface area contributed by atoms with Crippen LogP contribution in [-0.2, 0) is 11.2 Å². The maximum absolute atomic E-state index is 11.0. The second-order valence-corrected chi connectivity index (χ2v) is 7.19. The van der Waals surface area contributed by atoms with Gasteiger partial charge in [0, 0.05) is 0 Å². The van der Waals surface area contributed by atoms with Crippen molar-refractivity contribution in [1.82, 2.24) is 0 Å². The van der Waals surface area contributed by atoms with Gasteiger partial charge in [-0.05, 0) is 72.2 Å². The Kier molecular flexibility index (Phi) is 4.68. The zero-order valence-electron chi connectivity index (χ0n) is 15.3. The summed E-state index contributed by atoms with van der Waals surface area (Å²) in [6.07, 6.45) is 2.01. The van der Waals surface area contributed by atoms with Gasteiger partial charge in [-0.1, -0.05) is 48.0 Å². The van der Waals surface area contributed by atoms with Crippen LogP contribution in [0.25, 0.3) is 11.1 Å². The van der Waals surface area contributed by atoms with Crippen LogP contribution in [0.2, 0.25) is 0 Å². The van der Waals surface area contributed by atoms with Crippen LogP contribution in [0.1, 0.15) is 35.4 Å². The third-order valence-corrected chi connectivity index (χ3v) is 5.16. The zero-order valence-corrected chi connectivity index (χ0v) is 15.3. The normalized spacial score (nSPS) is 15.4. The van der Waals surface area contributed by atoms with Crippen LogP contribution in [0.4, 0.5) is 0 Å². The number of aliphatic carboxylic acids is 1. The summed E-state index contributed by atoms with van der Waals surface area (Å²) >= 11 is 0. The van der Waals surface area contributed by atoms with E-state index in [1.807, 2.05) is 24.3 Å². The minimum absolute atomic E-state index is 0.121. The Bertz CT molecular complexity index is 990. The monoisotopic (exact) mass is 358 g/mol.